The molecule has 0 aliphatic carbocycles. The molecule has 0 aromatic carbocycles. The van der Waals surface area contributed by atoms with Gasteiger partial charge in [0.1, 0.15) is 5.78 Å². The molecule has 0 aliphatic rings. The van der Waals surface area contributed by atoms with Gasteiger partial charge in [-0.2, -0.15) is 0 Å². The molecule has 0 amide bonds. The highest BCUT2D eigenvalue weighted by Gasteiger charge is 2.25. The zero-order valence-corrected chi connectivity index (χ0v) is 8.19. The van der Waals surface area contributed by atoms with Gasteiger partial charge in [-0.05, 0) is 27.3 Å². The van der Waals surface area contributed by atoms with Crippen LogP contribution in [0.4, 0.5) is 0 Å². The van der Waals surface area contributed by atoms with Gasteiger partial charge in [-0.1, -0.05) is 13.8 Å². The molecule has 1 atom stereocenters. The molecule has 0 saturated heterocycles. The Kier molecular flexibility index (Phi) is 3.73. The molecule has 0 radical (unpaired) electrons. The lowest BCUT2D eigenvalue weighted by molar-refractivity contribution is -0.125. The van der Waals surface area contributed by atoms with Crippen LogP contribution in [0, 0.1) is 5.41 Å². The van der Waals surface area contributed by atoms with E-state index >= 15 is 0 Å². The van der Waals surface area contributed by atoms with E-state index in [0.29, 0.717) is 6.04 Å². The number of rotatable bonds is 4. The molecule has 2 heteroatoms. The van der Waals surface area contributed by atoms with Crippen molar-refractivity contribution in [3.63, 3.8) is 0 Å². The van der Waals surface area contributed by atoms with Crippen LogP contribution in [0.3, 0.4) is 0 Å². The van der Waals surface area contributed by atoms with Gasteiger partial charge in [0.2, 0.25) is 0 Å². The van der Waals surface area contributed by atoms with Gasteiger partial charge in [-0.25, -0.2) is 0 Å². The summed E-state index contributed by atoms with van der Waals surface area (Å²) in [5.74, 6) is 0.264. The third-order valence-corrected chi connectivity index (χ3v) is 2.26. The molecule has 0 aliphatic heterocycles. The highest BCUT2D eigenvalue weighted by Crippen LogP contribution is 2.22. The van der Waals surface area contributed by atoms with Gasteiger partial charge in [0.05, 0.1) is 0 Å². The lowest BCUT2D eigenvalue weighted by atomic mass is 9.83. The van der Waals surface area contributed by atoms with E-state index in [4.69, 9.17) is 0 Å². The largest absolute Gasteiger partial charge is 0.317 e. The van der Waals surface area contributed by atoms with Gasteiger partial charge in [-0.15, -0.1) is 0 Å². The van der Waals surface area contributed by atoms with Gasteiger partial charge >= 0.3 is 0 Å². The van der Waals surface area contributed by atoms with Crippen molar-refractivity contribution in [2.45, 2.75) is 40.2 Å². The number of carbonyl (C=O) groups excluding carboxylic acids is 1. The molecule has 0 rings (SSSR count). The van der Waals surface area contributed by atoms with Crippen LogP contribution in [0.5, 0.6) is 0 Å². The van der Waals surface area contributed by atoms with Crippen molar-refractivity contribution < 1.29 is 4.79 Å². The second-order valence-corrected chi connectivity index (χ2v) is 3.83. The maximum absolute atomic E-state index is 11.1. The second-order valence-electron chi connectivity index (χ2n) is 3.83. The molecule has 1 N–H and O–H groups in total. The summed E-state index contributed by atoms with van der Waals surface area (Å²) in [6.07, 6.45) is 0.902. The Balaban J connectivity index is 4.01. The summed E-state index contributed by atoms with van der Waals surface area (Å²) in [6, 6.07) is 0.411. The van der Waals surface area contributed by atoms with Crippen molar-refractivity contribution in [1.29, 1.82) is 0 Å². The van der Waals surface area contributed by atoms with Crippen LogP contribution in [0.15, 0.2) is 0 Å². The van der Waals surface area contributed by atoms with Crippen LogP contribution in [0.2, 0.25) is 0 Å². The Morgan fingerprint density at radius 1 is 1.55 bits per heavy atom. The molecule has 0 fully saturated rings. The minimum atomic E-state index is -0.178. The number of hydrogen-bond donors (Lipinski definition) is 1. The average Bonchev–Trinajstić information content (AvgIpc) is 1.86. The van der Waals surface area contributed by atoms with Crippen molar-refractivity contribution in [1.82, 2.24) is 5.32 Å². The standard InChI is InChI=1S/C9H19NO/c1-7(10-5)6-9(3,4)8(2)11/h7,10H,6H2,1-5H3. The van der Waals surface area contributed by atoms with Crippen LogP contribution < -0.4 is 5.32 Å². The highest BCUT2D eigenvalue weighted by molar-refractivity contribution is 5.81. The van der Waals surface area contributed by atoms with Crippen molar-refractivity contribution in [2.24, 2.45) is 5.41 Å². The topological polar surface area (TPSA) is 29.1 Å². The highest BCUT2D eigenvalue weighted by atomic mass is 16.1. The van der Waals surface area contributed by atoms with Crippen molar-refractivity contribution in [3.8, 4) is 0 Å². The Morgan fingerprint density at radius 2 is 2.00 bits per heavy atom. The average molecular weight is 157 g/mol. The summed E-state index contributed by atoms with van der Waals surface area (Å²) in [4.78, 5) is 11.1. The summed E-state index contributed by atoms with van der Waals surface area (Å²) < 4.78 is 0. The van der Waals surface area contributed by atoms with Gasteiger partial charge in [0.15, 0.2) is 0 Å². The molecule has 0 bridgehead atoms. The summed E-state index contributed by atoms with van der Waals surface area (Å²) >= 11 is 0. The first-order valence-corrected chi connectivity index (χ1v) is 4.08. The molecule has 66 valence electrons. The fourth-order valence-electron chi connectivity index (χ4n) is 1.01. The fraction of sp³-hybridized carbons (Fsp3) is 0.889. The third kappa shape index (κ3) is 3.51. The molecular formula is C9H19NO. The van der Waals surface area contributed by atoms with Crippen LogP contribution in [0.25, 0.3) is 0 Å². The lowest BCUT2D eigenvalue weighted by Crippen LogP contribution is -2.32. The Morgan fingerprint density at radius 3 is 2.27 bits per heavy atom. The SMILES string of the molecule is CNC(C)CC(C)(C)C(C)=O. The smallest absolute Gasteiger partial charge is 0.135 e. The molecule has 0 heterocycles. The van der Waals surface area contributed by atoms with Crippen molar-refractivity contribution >= 4 is 5.78 Å². The zero-order chi connectivity index (χ0) is 9.07. The number of Topliss-reactive ketones (excluding diaryl/α,β-unsaturated/α-hetero) is 1. The van der Waals surface area contributed by atoms with E-state index in [2.05, 4.69) is 12.2 Å². The number of hydrogen-bond acceptors (Lipinski definition) is 2. The number of ketones is 1. The molecule has 2 nitrogen and oxygen atoms in total. The predicted molar refractivity (Wildman–Crippen MR) is 47.6 cm³/mol. The zero-order valence-electron chi connectivity index (χ0n) is 8.19. The van der Waals surface area contributed by atoms with Crippen molar-refractivity contribution in [3.05, 3.63) is 0 Å². The normalized spacial score (nSPS) is 14.6. The summed E-state index contributed by atoms with van der Waals surface area (Å²) in [5, 5.41) is 3.12. The van der Waals surface area contributed by atoms with Crippen LogP contribution in [-0.4, -0.2) is 18.9 Å². The van der Waals surface area contributed by atoms with Gasteiger partial charge in [0, 0.05) is 11.5 Å². The van der Waals surface area contributed by atoms with Crippen molar-refractivity contribution in [2.75, 3.05) is 7.05 Å². The van der Waals surface area contributed by atoms with Crippen LogP contribution >= 0.6 is 0 Å². The second kappa shape index (κ2) is 3.86. The maximum atomic E-state index is 11.1. The van der Waals surface area contributed by atoms with E-state index in [1.54, 1.807) is 6.92 Å². The minimum absolute atomic E-state index is 0.178. The Labute approximate surface area is 69.4 Å². The van der Waals surface area contributed by atoms with E-state index in [1.165, 1.54) is 0 Å². The maximum Gasteiger partial charge on any atom is 0.135 e. The number of nitrogens with one attached hydrogen (secondary N) is 1. The Hall–Kier alpha value is -0.370. The minimum Gasteiger partial charge on any atom is -0.317 e. The lowest BCUT2D eigenvalue weighted by Gasteiger charge is -2.24. The van der Waals surface area contributed by atoms with E-state index in [0.717, 1.165) is 6.42 Å². The first-order chi connectivity index (χ1) is 4.90. The summed E-state index contributed by atoms with van der Waals surface area (Å²) in [7, 11) is 1.92. The quantitative estimate of drug-likeness (QED) is 0.671. The van der Waals surface area contributed by atoms with E-state index in [1.807, 2.05) is 20.9 Å². The molecule has 11 heavy (non-hydrogen) atoms. The van der Waals surface area contributed by atoms with E-state index in [9.17, 15) is 4.79 Å². The third-order valence-electron chi connectivity index (χ3n) is 2.26. The first-order valence-electron chi connectivity index (χ1n) is 4.08. The van der Waals surface area contributed by atoms with Gasteiger partial charge in [-0.3, -0.25) is 4.79 Å². The fourth-order valence-corrected chi connectivity index (χ4v) is 1.01. The first kappa shape index (κ1) is 10.6. The Bertz CT molecular complexity index is 140. The molecule has 0 saturated carbocycles. The van der Waals surface area contributed by atoms with Gasteiger partial charge < -0.3 is 5.32 Å². The van der Waals surface area contributed by atoms with Crippen LogP contribution in [-0.2, 0) is 4.79 Å². The van der Waals surface area contributed by atoms with E-state index < -0.39 is 0 Å². The van der Waals surface area contributed by atoms with Gasteiger partial charge in [0.25, 0.3) is 0 Å². The molecular weight excluding hydrogens is 138 g/mol. The molecule has 0 spiro atoms. The molecule has 0 aromatic heterocycles. The molecule has 1 unspecified atom stereocenters. The van der Waals surface area contributed by atoms with E-state index in [-0.39, 0.29) is 11.2 Å². The summed E-state index contributed by atoms with van der Waals surface area (Å²) in [5.41, 5.74) is -0.178. The summed E-state index contributed by atoms with van der Waals surface area (Å²) in [6.45, 7) is 7.72. The molecule has 0 aromatic rings. The van der Waals surface area contributed by atoms with Crippen LogP contribution in [0.1, 0.15) is 34.1 Å². The predicted octanol–water partition coefficient (Wildman–Crippen LogP) is 1.60. The monoisotopic (exact) mass is 157 g/mol. The number of carbonyl (C=O) groups is 1.